The summed E-state index contributed by atoms with van der Waals surface area (Å²) in [5.41, 5.74) is -3.91. The molecule has 0 saturated heterocycles. The van der Waals surface area contributed by atoms with Crippen molar-refractivity contribution in [3.63, 3.8) is 0 Å². The minimum absolute atomic E-state index is 0.664. The molecule has 0 bridgehead atoms. The second-order valence-electron chi connectivity index (χ2n) is 2.37. The van der Waals surface area contributed by atoms with Crippen LogP contribution >= 0.6 is 0 Å². The van der Waals surface area contributed by atoms with Crippen molar-refractivity contribution < 1.29 is 30.7 Å². The molecule has 2 unspecified atom stereocenters. The molecule has 0 rings (SSSR count). The van der Waals surface area contributed by atoms with Crippen molar-refractivity contribution in [2.45, 2.75) is 10.9 Å². The summed E-state index contributed by atoms with van der Waals surface area (Å²) >= 11 is 0. The van der Waals surface area contributed by atoms with Gasteiger partial charge in [-0.2, -0.15) is 16.8 Å². The van der Waals surface area contributed by atoms with Crippen LogP contribution < -0.4 is 0 Å². The molecule has 15 heavy (non-hydrogen) atoms. The molecule has 0 aromatic carbocycles. The fraction of sp³-hybridized carbons (Fsp3) is 0.333. The molecule has 2 N–H and O–H groups in total. The average molecular weight is 258 g/mol. The van der Waals surface area contributed by atoms with Crippen molar-refractivity contribution in [1.29, 1.82) is 0 Å². The average Bonchev–Trinajstić information content (AvgIpc) is 2.01. The Kier molecular flexibility index (Phi) is 4.62. The maximum Gasteiger partial charge on any atom is 0.296 e. The summed E-state index contributed by atoms with van der Waals surface area (Å²) in [6, 6.07) is 0. The molecule has 9 heteroatoms. The van der Waals surface area contributed by atoms with Crippen LogP contribution in [0.3, 0.4) is 0 Å². The van der Waals surface area contributed by atoms with E-state index in [9.17, 15) is 16.8 Å². The summed E-state index contributed by atoms with van der Waals surface area (Å²) in [6.45, 7) is 6.04. The molecule has 0 aliphatic rings. The van der Waals surface area contributed by atoms with Crippen LogP contribution in [0.15, 0.2) is 25.3 Å². The summed E-state index contributed by atoms with van der Waals surface area (Å²) in [5.74, 6) is 0. The third-order valence-corrected chi connectivity index (χ3v) is 3.02. The number of rotatable bonds is 6. The first-order chi connectivity index (χ1) is 6.62. The van der Waals surface area contributed by atoms with Gasteiger partial charge in [0, 0.05) is 0 Å². The smallest absolute Gasteiger partial charge is 0.296 e. The molecule has 7 nitrogen and oxygen atoms in total. The molecular formula is C6H10O7S2. The van der Waals surface area contributed by atoms with Crippen LogP contribution in [-0.4, -0.2) is 36.8 Å². The fourth-order valence-corrected chi connectivity index (χ4v) is 1.70. The van der Waals surface area contributed by atoms with E-state index in [1.54, 1.807) is 0 Å². The van der Waals surface area contributed by atoms with Crippen LogP contribution in [0.5, 0.6) is 0 Å². The van der Waals surface area contributed by atoms with Gasteiger partial charge in [0.05, 0.1) is 0 Å². The fourth-order valence-electron chi connectivity index (χ4n) is 0.627. The minimum Gasteiger partial charge on any atom is -0.330 e. The summed E-state index contributed by atoms with van der Waals surface area (Å²) in [7, 11) is -9.29. The second-order valence-corrected chi connectivity index (χ2v) is 5.36. The number of ether oxygens (including phenoxy) is 1. The lowest BCUT2D eigenvalue weighted by atomic mass is 10.6. The molecule has 0 radical (unpaired) electrons. The highest BCUT2D eigenvalue weighted by molar-refractivity contribution is 7.87. The summed E-state index contributed by atoms with van der Waals surface area (Å²) in [6.07, 6.45) is 1.33. The van der Waals surface area contributed by atoms with E-state index in [2.05, 4.69) is 17.9 Å². The van der Waals surface area contributed by atoms with Gasteiger partial charge in [-0.05, 0) is 12.2 Å². The van der Waals surface area contributed by atoms with E-state index in [4.69, 9.17) is 9.11 Å². The van der Waals surface area contributed by atoms with Crippen molar-refractivity contribution in [1.82, 2.24) is 0 Å². The van der Waals surface area contributed by atoms with Crippen LogP contribution in [0.25, 0.3) is 0 Å². The predicted molar refractivity (Wildman–Crippen MR) is 52.2 cm³/mol. The first-order valence-corrected chi connectivity index (χ1v) is 6.46. The molecule has 0 aliphatic heterocycles. The summed E-state index contributed by atoms with van der Waals surface area (Å²) in [4.78, 5) is 0. The van der Waals surface area contributed by atoms with Crippen molar-refractivity contribution in [2.24, 2.45) is 0 Å². The van der Waals surface area contributed by atoms with Gasteiger partial charge in [-0.3, -0.25) is 9.11 Å². The van der Waals surface area contributed by atoms with Gasteiger partial charge in [0.15, 0.2) is 0 Å². The Labute approximate surface area is 87.6 Å². The highest BCUT2D eigenvalue weighted by atomic mass is 32.2. The van der Waals surface area contributed by atoms with Gasteiger partial charge in [0.1, 0.15) is 0 Å². The van der Waals surface area contributed by atoms with Gasteiger partial charge in [-0.15, -0.1) is 0 Å². The molecule has 0 aliphatic carbocycles. The van der Waals surface area contributed by atoms with Crippen molar-refractivity contribution in [3.05, 3.63) is 25.3 Å². The standard InChI is InChI=1S/C6H10O7S2/c1-3-5(14(7,8)9)13-6(4-2)15(10,11)12/h3-6H,1-2H2,(H,7,8,9)(H,10,11,12). The van der Waals surface area contributed by atoms with Gasteiger partial charge < -0.3 is 4.74 Å². The van der Waals surface area contributed by atoms with Gasteiger partial charge in [0.2, 0.25) is 10.9 Å². The van der Waals surface area contributed by atoms with Crippen molar-refractivity contribution >= 4 is 20.2 Å². The van der Waals surface area contributed by atoms with Crippen LogP contribution in [0, 0.1) is 0 Å². The lowest BCUT2D eigenvalue weighted by Gasteiger charge is -2.15. The maximum absolute atomic E-state index is 10.6. The molecule has 0 amide bonds. The molecule has 2 atom stereocenters. The first kappa shape index (κ1) is 14.3. The molecule has 0 aromatic rings. The zero-order valence-corrected chi connectivity index (χ0v) is 9.11. The van der Waals surface area contributed by atoms with Gasteiger partial charge in [-0.1, -0.05) is 13.2 Å². The highest BCUT2D eigenvalue weighted by Crippen LogP contribution is 2.11. The third kappa shape index (κ3) is 4.53. The van der Waals surface area contributed by atoms with E-state index in [0.717, 1.165) is 0 Å². The van der Waals surface area contributed by atoms with Crippen LogP contribution in [0.1, 0.15) is 0 Å². The van der Waals surface area contributed by atoms with E-state index in [1.165, 1.54) is 0 Å². The zero-order chi connectivity index (χ0) is 12.3. The molecule has 88 valence electrons. The Bertz CT molecular complexity index is 390. The summed E-state index contributed by atoms with van der Waals surface area (Å²) < 4.78 is 63.8. The lowest BCUT2D eigenvalue weighted by molar-refractivity contribution is 0.120. The van der Waals surface area contributed by atoms with E-state index in [-0.39, 0.29) is 0 Å². The minimum atomic E-state index is -4.64. The summed E-state index contributed by atoms with van der Waals surface area (Å²) in [5, 5.41) is 0. The Morgan fingerprint density at radius 3 is 1.33 bits per heavy atom. The Hall–Kier alpha value is -0.740. The Balaban J connectivity index is 4.99. The molecule has 0 saturated carbocycles. The van der Waals surface area contributed by atoms with Crippen LogP contribution in [0.2, 0.25) is 0 Å². The monoisotopic (exact) mass is 258 g/mol. The van der Waals surface area contributed by atoms with Gasteiger partial charge in [-0.25, -0.2) is 0 Å². The van der Waals surface area contributed by atoms with Gasteiger partial charge >= 0.3 is 0 Å². The van der Waals surface area contributed by atoms with E-state index in [1.807, 2.05) is 0 Å². The van der Waals surface area contributed by atoms with E-state index in [0.29, 0.717) is 12.2 Å². The zero-order valence-electron chi connectivity index (χ0n) is 7.48. The number of hydrogen-bond acceptors (Lipinski definition) is 5. The normalized spacial score (nSPS) is 16.7. The topological polar surface area (TPSA) is 118 Å². The van der Waals surface area contributed by atoms with E-state index >= 15 is 0 Å². The molecule has 0 fully saturated rings. The van der Waals surface area contributed by atoms with Crippen molar-refractivity contribution in [2.75, 3.05) is 0 Å². The van der Waals surface area contributed by atoms with E-state index < -0.39 is 31.1 Å². The molecule has 0 heterocycles. The largest absolute Gasteiger partial charge is 0.330 e. The Morgan fingerprint density at radius 2 is 1.20 bits per heavy atom. The van der Waals surface area contributed by atoms with Crippen LogP contribution in [-0.2, 0) is 25.0 Å². The van der Waals surface area contributed by atoms with Gasteiger partial charge in [0.25, 0.3) is 20.2 Å². The molecule has 0 aromatic heterocycles. The van der Waals surface area contributed by atoms with Crippen LogP contribution in [0.4, 0.5) is 0 Å². The highest BCUT2D eigenvalue weighted by Gasteiger charge is 2.29. The number of hydrogen-bond donors (Lipinski definition) is 2. The second kappa shape index (κ2) is 4.86. The first-order valence-electron chi connectivity index (χ1n) is 3.46. The molecular weight excluding hydrogens is 248 g/mol. The quantitative estimate of drug-likeness (QED) is 0.500. The molecule has 0 spiro atoms. The Morgan fingerprint density at radius 1 is 0.933 bits per heavy atom. The predicted octanol–water partition coefficient (Wildman–Crippen LogP) is -0.197. The van der Waals surface area contributed by atoms with Crippen molar-refractivity contribution in [3.8, 4) is 0 Å². The lowest BCUT2D eigenvalue weighted by Crippen LogP contribution is -2.31. The third-order valence-electron chi connectivity index (χ3n) is 1.24. The maximum atomic E-state index is 10.6. The SMILES string of the molecule is C=CC(OC(C=C)S(=O)(=O)O)S(=O)(=O)O.